The number of carbonyl (C=O) groups is 2. The summed E-state index contributed by atoms with van der Waals surface area (Å²) in [6, 6.07) is 13.3. The summed E-state index contributed by atoms with van der Waals surface area (Å²) in [5.74, 6) is -0.106. The van der Waals surface area contributed by atoms with Gasteiger partial charge in [0.1, 0.15) is 18.3 Å². The van der Waals surface area contributed by atoms with Gasteiger partial charge in [-0.25, -0.2) is 8.42 Å². The Morgan fingerprint density at radius 3 is 2.12 bits per heavy atom. The monoisotopic (exact) mass is 461 g/mol. The van der Waals surface area contributed by atoms with Gasteiger partial charge in [0, 0.05) is 13.6 Å². The fourth-order valence-electron chi connectivity index (χ4n) is 3.34. The lowest BCUT2D eigenvalue weighted by Crippen LogP contribution is -2.51. The maximum atomic E-state index is 13.4. The molecule has 0 aliphatic rings. The minimum atomic E-state index is -3.73. The normalized spacial score (nSPS) is 12.0. The lowest BCUT2D eigenvalue weighted by atomic mass is 10.1. The number of aryl methyl sites for hydroxylation is 1. The predicted molar refractivity (Wildman–Crippen MR) is 125 cm³/mol. The van der Waals surface area contributed by atoms with E-state index in [1.54, 1.807) is 43.5 Å². The smallest absolute Gasteiger partial charge is 0.244 e. The first-order valence-electron chi connectivity index (χ1n) is 10.3. The molecule has 0 spiro atoms. The van der Waals surface area contributed by atoms with E-state index in [0.717, 1.165) is 21.7 Å². The molecule has 0 fully saturated rings. The summed E-state index contributed by atoms with van der Waals surface area (Å²) < 4.78 is 31.2. The zero-order valence-corrected chi connectivity index (χ0v) is 20.0. The molecule has 2 aromatic carbocycles. The second kappa shape index (κ2) is 11.0. The van der Waals surface area contributed by atoms with Crippen LogP contribution in [0.3, 0.4) is 0 Å². The number of hydrogen-bond donors (Lipinski definition) is 1. The SMILES string of the molecule is CCC(C(=O)NC)N(Cc1ccc(OC)cc1)C(=O)CN(c1ccc(C)cc1)S(C)(=O)=O. The Bertz CT molecular complexity index is 1020. The fourth-order valence-corrected chi connectivity index (χ4v) is 4.19. The highest BCUT2D eigenvalue weighted by Gasteiger charge is 2.31. The Morgan fingerprint density at radius 1 is 1.06 bits per heavy atom. The topological polar surface area (TPSA) is 96.0 Å². The number of rotatable bonds is 10. The number of sulfonamides is 1. The molecule has 1 unspecified atom stereocenters. The summed E-state index contributed by atoms with van der Waals surface area (Å²) in [5.41, 5.74) is 2.16. The Labute approximate surface area is 190 Å². The molecule has 2 amide bonds. The molecule has 174 valence electrons. The molecule has 1 atom stereocenters. The third kappa shape index (κ3) is 6.46. The molecule has 0 aliphatic carbocycles. The van der Waals surface area contributed by atoms with Crippen molar-refractivity contribution < 1.29 is 22.7 Å². The number of ether oxygens (including phenoxy) is 1. The predicted octanol–water partition coefficient (Wildman–Crippen LogP) is 2.32. The summed E-state index contributed by atoms with van der Waals surface area (Å²) in [4.78, 5) is 27.3. The summed E-state index contributed by atoms with van der Waals surface area (Å²) in [7, 11) is -0.657. The van der Waals surface area contributed by atoms with Crippen molar-refractivity contribution in [3.63, 3.8) is 0 Å². The van der Waals surface area contributed by atoms with Crippen molar-refractivity contribution in [3.8, 4) is 5.75 Å². The van der Waals surface area contributed by atoms with Crippen molar-refractivity contribution in [1.82, 2.24) is 10.2 Å². The van der Waals surface area contributed by atoms with E-state index in [4.69, 9.17) is 4.74 Å². The van der Waals surface area contributed by atoms with Gasteiger partial charge >= 0.3 is 0 Å². The van der Waals surface area contributed by atoms with Gasteiger partial charge in [0.25, 0.3) is 0 Å². The highest BCUT2D eigenvalue weighted by Crippen LogP contribution is 2.21. The Balaban J connectivity index is 2.39. The van der Waals surface area contributed by atoms with Crippen LogP contribution in [0.4, 0.5) is 5.69 Å². The summed E-state index contributed by atoms with van der Waals surface area (Å²) in [6.07, 6.45) is 1.44. The molecule has 0 bridgehead atoms. The second-order valence-electron chi connectivity index (χ2n) is 7.51. The first kappa shape index (κ1) is 25.2. The molecule has 9 heteroatoms. The number of methoxy groups -OCH3 is 1. The van der Waals surface area contributed by atoms with Crippen molar-refractivity contribution in [2.24, 2.45) is 0 Å². The summed E-state index contributed by atoms with van der Waals surface area (Å²) >= 11 is 0. The van der Waals surface area contributed by atoms with Crippen LogP contribution in [0.15, 0.2) is 48.5 Å². The number of anilines is 1. The van der Waals surface area contributed by atoms with E-state index >= 15 is 0 Å². The lowest BCUT2D eigenvalue weighted by Gasteiger charge is -2.32. The van der Waals surface area contributed by atoms with Crippen molar-refractivity contribution in [3.05, 3.63) is 59.7 Å². The molecule has 8 nitrogen and oxygen atoms in total. The van der Waals surface area contributed by atoms with Gasteiger partial charge in [-0.2, -0.15) is 0 Å². The van der Waals surface area contributed by atoms with Crippen molar-refractivity contribution in [2.45, 2.75) is 32.9 Å². The minimum absolute atomic E-state index is 0.153. The third-order valence-corrected chi connectivity index (χ3v) is 6.29. The Hall–Kier alpha value is -3.07. The standard InChI is InChI=1S/C23H31N3O5S/c1-6-21(23(28)24-3)25(15-18-9-13-20(31-4)14-10-18)22(27)16-26(32(5,29)30)19-11-7-17(2)8-12-19/h7-14,21H,6,15-16H2,1-5H3,(H,24,28). The first-order valence-corrected chi connectivity index (χ1v) is 12.1. The number of hydrogen-bond acceptors (Lipinski definition) is 5. The fraction of sp³-hybridized carbons (Fsp3) is 0.391. The van der Waals surface area contributed by atoms with Gasteiger partial charge in [-0.05, 0) is 43.2 Å². The molecule has 0 aromatic heterocycles. The molecular weight excluding hydrogens is 430 g/mol. The van der Waals surface area contributed by atoms with Crippen molar-refractivity contribution in [2.75, 3.05) is 31.3 Å². The highest BCUT2D eigenvalue weighted by molar-refractivity contribution is 7.92. The molecule has 0 aliphatic heterocycles. The number of benzene rings is 2. The van der Waals surface area contributed by atoms with Crippen LogP contribution in [0.5, 0.6) is 5.75 Å². The maximum absolute atomic E-state index is 13.4. The first-order chi connectivity index (χ1) is 15.1. The van der Waals surface area contributed by atoms with E-state index < -0.39 is 28.5 Å². The van der Waals surface area contributed by atoms with Crippen LogP contribution < -0.4 is 14.4 Å². The van der Waals surface area contributed by atoms with Gasteiger partial charge in [0.2, 0.25) is 21.8 Å². The van der Waals surface area contributed by atoms with Crippen LogP contribution in [0.1, 0.15) is 24.5 Å². The maximum Gasteiger partial charge on any atom is 0.244 e. The average Bonchev–Trinajstić information content (AvgIpc) is 2.77. The zero-order valence-electron chi connectivity index (χ0n) is 19.2. The van der Waals surface area contributed by atoms with Gasteiger partial charge < -0.3 is 15.0 Å². The highest BCUT2D eigenvalue weighted by atomic mass is 32.2. The molecule has 0 saturated heterocycles. The minimum Gasteiger partial charge on any atom is -0.497 e. The molecule has 1 N–H and O–H groups in total. The summed E-state index contributed by atoms with van der Waals surface area (Å²) in [5, 5.41) is 2.59. The van der Waals surface area contributed by atoms with E-state index in [1.807, 2.05) is 26.0 Å². The molecule has 32 heavy (non-hydrogen) atoms. The van der Waals surface area contributed by atoms with Gasteiger partial charge in [-0.15, -0.1) is 0 Å². The van der Waals surface area contributed by atoms with Crippen LogP contribution in [0.2, 0.25) is 0 Å². The van der Waals surface area contributed by atoms with Crippen LogP contribution in [0.25, 0.3) is 0 Å². The van der Waals surface area contributed by atoms with Crippen molar-refractivity contribution >= 4 is 27.5 Å². The van der Waals surface area contributed by atoms with Crippen LogP contribution in [-0.4, -0.2) is 58.1 Å². The van der Waals surface area contributed by atoms with Gasteiger partial charge in [0.15, 0.2) is 0 Å². The molecule has 0 heterocycles. The van der Waals surface area contributed by atoms with Crippen LogP contribution >= 0.6 is 0 Å². The number of carbonyl (C=O) groups excluding carboxylic acids is 2. The number of nitrogens with zero attached hydrogens (tertiary/aromatic N) is 2. The number of nitrogens with one attached hydrogen (secondary N) is 1. The third-order valence-electron chi connectivity index (χ3n) is 5.15. The largest absolute Gasteiger partial charge is 0.497 e. The Morgan fingerprint density at radius 2 is 1.66 bits per heavy atom. The van der Waals surface area contributed by atoms with E-state index in [-0.39, 0.29) is 12.5 Å². The van der Waals surface area contributed by atoms with E-state index in [2.05, 4.69) is 5.32 Å². The molecule has 0 saturated carbocycles. The van der Waals surface area contributed by atoms with Crippen LogP contribution in [0, 0.1) is 6.92 Å². The van der Waals surface area contributed by atoms with Crippen molar-refractivity contribution in [1.29, 1.82) is 0 Å². The molecular formula is C23H31N3O5S. The molecule has 2 rings (SSSR count). The number of amides is 2. The zero-order chi connectivity index (χ0) is 23.9. The van der Waals surface area contributed by atoms with E-state index in [0.29, 0.717) is 17.9 Å². The quantitative estimate of drug-likeness (QED) is 0.586. The second-order valence-corrected chi connectivity index (χ2v) is 9.42. The Kier molecular flexibility index (Phi) is 8.65. The average molecular weight is 462 g/mol. The summed E-state index contributed by atoms with van der Waals surface area (Å²) in [6.45, 7) is 3.44. The van der Waals surface area contributed by atoms with E-state index in [9.17, 15) is 18.0 Å². The molecule has 2 aromatic rings. The van der Waals surface area contributed by atoms with Gasteiger partial charge in [-0.1, -0.05) is 36.8 Å². The number of likely N-dealkylation sites (N-methyl/N-ethyl adjacent to an activating group) is 1. The van der Waals surface area contributed by atoms with Crippen LogP contribution in [-0.2, 0) is 26.2 Å². The lowest BCUT2D eigenvalue weighted by molar-refractivity contribution is -0.140. The molecule has 0 radical (unpaired) electrons. The van der Waals surface area contributed by atoms with Gasteiger partial charge in [-0.3, -0.25) is 13.9 Å². The van der Waals surface area contributed by atoms with Gasteiger partial charge in [0.05, 0.1) is 19.1 Å². The van der Waals surface area contributed by atoms with E-state index in [1.165, 1.54) is 11.9 Å².